The van der Waals surface area contributed by atoms with E-state index in [9.17, 15) is 18.8 Å². The fourth-order valence-corrected chi connectivity index (χ4v) is 3.43. The Morgan fingerprint density at radius 2 is 1.81 bits per heavy atom. The molecule has 158 valence electrons. The molecule has 0 aliphatic carbocycles. The molecule has 0 saturated heterocycles. The van der Waals surface area contributed by atoms with Crippen molar-refractivity contribution >= 4 is 58.2 Å². The van der Waals surface area contributed by atoms with Gasteiger partial charge in [0.1, 0.15) is 11.6 Å². The minimum absolute atomic E-state index is 0.0197. The maximum Gasteiger partial charge on any atom is 0.258 e. The molecule has 0 radical (unpaired) electrons. The molecule has 0 fully saturated rings. The van der Waals surface area contributed by atoms with E-state index in [-0.39, 0.29) is 34.5 Å². The van der Waals surface area contributed by atoms with Gasteiger partial charge in [-0.15, -0.1) is 0 Å². The Balaban J connectivity index is 1.63. The number of carbonyl (C=O) groups is 2. The third-order valence-electron chi connectivity index (χ3n) is 4.56. The number of H-pyrrole nitrogens is 1. The molecule has 2 heterocycles. The predicted octanol–water partition coefficient (Wildman–Crippen LogP) is 4.02. The lowest BCUT2D eigenvalue weighted by Crippen LogP contribution is -2.36. The molecule has 4 N–H and O–H groups in total. The highest BCUT2D eigenvalue weighted by Crippen LogP contribution is 2.30. The van der Waals surface area contributed by atoms with E-state index in [1.54, 1.807) is 24.3 Å². The molecule has 31 heavy (non-hydrogen) atoms. The number of halogens is 3. The van der Waals surface area contributed by atoms with Crippen molar-refractivity contribution < 1.29 is 14.0 Å². The van der Waals surface area contributed by atoms with Crippen LogP contribution >= 0.6 is 23.2 Å². The molecule has 2 aromatic carbocycles. The van der Waals surface area contributed by atoms with Crippen LogP contribution in [0.3, 0.4) is 0 Å². The van der Waals surface area contributed by atoms with Gasteiger partial charge in [-0.05, 0) is 42.5 Å². The maximum atomic E-state index is 13.3. The first-order chi connectivity index (χ1) is 14.8. The summed E-state index contributed by atoms with van der Waals surface area (Å²) in [7, 11) is 0. The molecule has 2 amide bonds. The number of amides is 2. The summed E-state index contributed by atoms with van der Waals surface area (Å²) < 4.78 is 13.3. The largest absolute Gasteiger partial charge is 0.326 e. The number of anilines is 4. The molecule has 1 unspecified atom stereocenters. The standard InChI is InChI=1S/C20H14Cl2FN5O3/c21-9-1-3-10(4-2-9)25-20-27-17-16(19(31)28-20)12(8-15(29)26-17)18(30)24-11-5-6-14(23)13(22)7-11/h1-7,12H,8H2,(H,24,30)(H3,25,26,27,28,29,31). The monoisotopic (exact) mass is 461 g/mol. The minimum Gasteiger partial charge on any atom is -0.326 e. The molecular formula is C20H14Cl2FN5O3. The summed E-state index contributed by atoms with van der Waals surface area (Å²) in [4.78, 5) is 44.5. The quantitative estimate of drug-likeness (QED) is 0.468. The molecule has 8 nitrogen and oxygen atoms in total. The van der Waals surface area contributed by atoms with Gasteiger partial charge in [0, 0.05) is 22.8 Å². The fourth-order valence-electron chi connectivity index (χ4n) is 3.13. The highest BCUT2D eigenvalue weighted by atomic mass is 35.5. The second-order valence-corrected chi connectivity index (χ2v) is 7.58. The van der Waals surface area contributed by atoms with Crippen LogP contribution in [0.2, 0.25) is 10.0 Å². The first kappa shape index (κ1) is 20.8. The van der Waals surface area contributed by atoms with E-state index in [2.05, 4.69) is 25.9 Å². The average molecular weight is 462 g/mol. The molecular weight excluding hydrogens is 448 g/mol. The highest BCUT2D eigenvalue weighted by Gasteiger charge is 2.34. The Bertz CT molecular complexity index is 1250. The molecule has 1 aliphatic rings. The Labute approximate surface area is 184 Å². The SMILES string of the molecule is O=C1CC(C(=O)Nc2ccc(F)c(Cl)c2)c2c(nc(Nc3ccc(Cl)cc3)[nH]c2=O)N1. The van der Waals surface area contributed by atoms with Crippen LogP contribution in [0, 0.1) is 5.82 Å². The van der Waals surface area contributed by atoms with E-state index in [0.29, 0.717) is 10.7 Å². The number of hydrogen-bond acceptors (Lipinski definition) is 5. The number of aromatic amines is 1. The van der Waals surface area contributed by atoms with Crippen molar-refractivity contribution in [2.24, 2.45) is 0 Å². The average Bonchev–Trinajstić information content (AvgIpc) is 2.71. The van der Waals surface area contributed by atoms with E-state index in [0.717, 1.165) is 6.07 Å². The lowest BCUT2D eigenvalue weighted by molar-refractivity contribution is -0.123. The zero-order valence-corrected chi connectivity index (χ0v) is 17.1. The molecule has 0 spiro atoms. The first-order valence-corrected chi connectivity index (χ1v) is 9.78. The van der Waals surface area contributed by atoms with Crippen LogP contribution in [0.25, 0.3) is 0 Å². The summed E-state index contributed by atoms with van der Waals surface area (Å²) in [5.74, 6) is -2.76. The number of aromatic nitrogens is 2. The zero-order valence-electron chi connectivity index (χ0n) is 15.6. The van der Waals surface area contributed by atoms with Crippen LogP contribution in [-0.4, -0.2) is 21.8 Å². The third-order valence-corrected chi connectivity index (χ3v) is 5.10. The number of nitrogens with zero attached hydrogens (tertiary/aromatic N) is 1. The summed E-state index contributed by atoms with van der Waals surface area (Å²) in [5.41, 5.74) is 0.275. The van der Waals surface area contributed by atoms with Crippen LogP contribution in [0.4, 0.5) is 27.5 Å². The number of hydrogen-bond donors (Lipinski definition) is 4. The van der Waals surface area contributed by atoms with E-state index in [4.69, 9.17) is 23.2 Å². The normalized spacial score (nSPS) is 15.1. The van der Waals surface area contributed by atoms with Crippen LogP contribution in [-0.2, 0) is 9.59 Å². The van der Waals surface area contributed by atoms with Gasteiger partial charge < -0.3 is 16.0 Å². The number of nitrogens with one attached hydrogen (secondary N) is 4. The van der Waals surface area contributed by atoms with Gasteiger partial charge >= 0.3 is 0 Å². The molecule has 1 atom stereocenters. The van der Waals surface area contributed by atoms with Crippen LogP contribution in [0.1, 0.15) is 17.9 Å². The molecule has 0 bridgehead atoms. The Morgan fingerprint density at radius 1 is 1.10 bits per heavy atom. The number of rotatable bonds is 4. The fraction of sp³-hybridized carbons (Fsp3) is 0.100. The number of carbonyl (C=O) groups excluding carboxylic acids is 2. The minimum atomic E-state index is -1.09. The summed E-state index contributed by atoms with van der Waals surface area (Å²) >= 11 is 11.6. The van der Waals surface area contributed by atoms with E-state index >= 15 is 0 Å². The third kappa shape index (κ3) is 4.52. The van der Waals surface area contributed by atoms with Crippen molar-refractivity contribution in [3.05, 3.63) is 74.2 Å². The summed E-state index contributed by atoms with van der Waals surface area (Å²) in [6, 6.07) is 10.3. The second kappa shape index (κ2) is 8.37. The molecule has 3 aromatic rings. The lowest BCUT2D eigenvalue weighted by Gasteiger charge is -2.23. The number of fused-ring (bicyclic) bond motifs is 1. The van der Waals surface area contributed by atoms with Crippen molar-refractivity contribution in [1.29, 1.82) is 0 Å². The lowest BCUT2D eigenvalue weighted by atomic mass is 9.92. The van der Waals surface area contributed by atoms with Gasteiger partial charge in [-0.2, -0.15) is 4.98 Å². The van der Waals surface area contributed by atoms with Gasteiger partial charge in [0.25, 0.3) is 5.56 Å². The summed E-state index contributed by atoms with van der Waals surface area (Å²) in [6.45, 7) is 0. The Kier molecular flexibility index (Phi) is 5.62. The van der Waals surface area contributed by atoms with Crippen molar-refractivity contribution in [3.8, 4) is 0 Å². The Hall–Kier alpha value is -3.43. The maximum absolute atomic E-state index is 13.3. The molecule has 0 saturated carbocycles. The van der Waals surface area contributed by atoms with Gasteiger partial charge in [0.2, 0.25) is 17.8 Å². The Morgan fingerprint density at radius 3 is 2.52 bits per heavy atom. The van der Waals surface area contributed by atoms with Crippen LogP contribution in [0.5, 0.6) is 0 Å². The molecule has 1 aliphatic heterocycles. The molecule has 4 rings (SSSR count). The van der Waals surface area contributed by atoms with E-state index in [1.165, 1.54) is 12.1 Å². The van der Waals surface area contributed by atoms with Crippen molar-refractivity contribution in [2.75, 3.05) is 16.0 Å². The molecule has 11 heteroatoms. The van der Waals surface area contributed by atoms with Crippen molar-refractivity contribution in [1.82, 2.24) is 9.97 Å². The predicted molar refractivity (Wildman–Crippen MR) is 116 cm³/mol. The van der Waals surface area contributed by atoms with Crippen molar-refractivity contribution in [2.45, 2.75) is 12.3 Å². The highest BCUT2D eigenvalue weighted by molar-refractivity contribution is 6.31. The van der Waals surface area contributed by atoms with Gasteiger partial charge in [-0.1, -0.05) is 23.2 Å². The van der Waals surface area contributed by atoms with E-state index < -0.39 is 29.1 Å². The van der Waals surface area contributed by atoms with Gasteiger partial charge in [-0.3, -0.25) is 19.4 Å². The first-order valence-electron chi connectivity index (χ1n) is 9.03. The van der Waals surface area contributed by atoms with Gasteiger partial charge in [-0.25, -0.2) is 4.39 Å². The zero-order chi connectivity index (χ0) is 22.1. The van der Waals surface area contributed by atoms with Gasteiger partial charge in [0.15, 0.2) is 0 Å². The summed E-state index contributed by atoms with van der Waals surface area (Å²) in [5, 5.41) is 8.35. The van der Waals surface area contributed by atoms with Crippen LogP contribution in [0.15, 0.2) is 47.3 Å². The number of benzene rings is 2. The van der Waals surface area contributed by atoms with Crippen molar-refractivity contribution in [3.63, 3.8) is 0 Å². The van der Waals surface area contributed by atoms with Crippen LogP contribution < -0.4 is 21.5 Å². The topological polar surface area (TPSA) is 116 Å². The molecule has 1 aromatic heterocycles. The van der Waals surface area contributed by atoms with Gasteiger partial charge in [0.05, 0.1) is 16.5 Å². The smallest absolute Gasteiger partial charge is 0.258 e. The second-order valence-electron chi connectivity index (χ2n) is 6.73. The summed E-state index contributed by atoms with van der Waals surface area (Å²) in [6.07, 6.45) is -0.248. The van der Waals surface area contributed by atoms with E-state index in [1.807, 2.05) is 0 Å².